The monoisotopic (exact) mass is 342 g/mol. The van der Waals surface area contributed by atoms with Crippen LogP contribution in [0.4, 0.5) is 0 Å². The van der Waals surface area contributed by atoms with Crippen LogP contribution in [0.2, 0.25) is 5.02 Å². The summed E-state index contributed by atoms with van der Waals surface area (Å²) in [6.07, 6.45) is 1.46. The van der Waals surface area contributed by atoms with Gasteiger partial charge in [-0.25, -0.2) is 4.98 Å². The van der Waals surface area contributed by atoms with E-state index in [0.29, 0.717) is 17.5 Å². The third-order valence-electron chi connectivity index (χ3n) is 2.66. The summed E-state index contributed by atoms with van der Waals surface area (Å²) in [5, 5.41) is 4.00. The topological polar surface area (TPSA) is 38.1 Å². The third kappa shape index (κ3) is 3.81. The number of nitrogens with one attached hydrogen (secondary N) is 1. The lowest BCUT2D eigenvalue weighted by molar-refractivity contribution is 0.545. The van der Waals surface area contributed by atoms with Crippen molar-refractivity contribution in [3.63, 3.8) is 0 Å². The van der Waals surface area contributed by atoms with Gasteiger partial charge in [0.25, 0.3) is 0 Å². The molecule has 0 unspecified atom stereocenters. The maximum Gasteiger partial charge on any atom is 0.181 e. The minimum atomic E-state index is 0.603. The van der Waals surface area contributed by atoms with E-state index in [0.717, 1.165) is 28.0 Å². The first-order valence-electron chi connectivity index (χ1n) is 6.16. The zero-order valence-corrected chi connectivity index (χ0v) is 13.3. The lowest BCUT2D eigenvalue weighted by Crippen LogP contribution is -2.19. The molecular formula is C14H16BrClN2O. The van der Waals surface area contributed by atoms with Crippen LogP contribution in [0.3, 0.4) is 0 Å². The number of benzene rings is 1. The van der Waals surface area contributed by atoms with Gasteiger partial charge in [0.05, 0.1) is 5.02 Å². The van der Waals surface area contributed by atoms with Crippen molar-refractivity contribution in [2.45, 2.75) is 20.4 Å². The molecule has 19 heavy (non-hydrogen) atoms. The summed E-state index contributed by atoms with van der Waals surface area (Å²) in [5.74, 6) is 1.33. The Morgan fingerprint density at radius 3 is 2.89 bits per heavy atom. The molecule has 0 atom stereocenters. The molecule has 0 bridgehead atoms. The first-order chi connectivity index (χ1) is 9.08. The van der Waals surface area contributed by atoms with E-state index in [1.54, 1.807) is 0 Å². The van der Waals surface area contributed by atoms with Crippen LogP contribution < -0.4 is 5.32 Å². The summed E-state index contributed by atoms with van der Waals surface area (Å²) >= 11 is 9.63. The Bertz CT molecular complexity index is 554. The van der Waals surface area contributed by atoms with Gasteiger partial charge in [-0.2, -0.15) is 0 Å². The average Bonchev–Trinajstić information content (AvgIpc) is 2.77. The molecule has 0 aliphatic carbocycles. The Labute approximate surface area is 126 Å². The van der Waals surface area contributed by atoms with E-state index in [4.69, 9.17) is 16.0 Å². The van der Waals surface area contributed by atoms with Crippen molar-refractivity contribution in [3.05, 3.63) is 39.8 Å². The molecule has 1 N–H and O–H groups in total. The first kappa shape index (κ1) is 14.6. The average molecular weight is 344 g/mol. The second kappa shape index (κ2) is 6.55. The first-order valence-corrected chi connectivity index (χ1v) is 7.33. The Morgan fingerprint density at radius 2 is 2.21 bits per heavy atom. The van der Waals surface area contributed by atoms with E-state index < -0.39 is 0 Å². The van der Waals surface area contributed by atoms with E-state index in [1.165, 1.54) is 6.39 Å². The van der Waals surface area contributed by atoms with Crippen molar-refractivity contribution >= 4 is 27.5 Å². The maximum absolute atomic E-state index is 6.24. The van der Waals surface area contributed by atoms with Crippen LogP contribution >= 0.6 is 27.5 Å². The van der Waals surface area contributed by atoms with Gasteiger partial charge in [-0.15, -0.1) is 0 Å². The summed E-state index contributed by atoms with van der Waals surface area (Å²) < 4.78 is 6.42. The van der Waals surface area contributed by atoms with Crippen LogP contribution in [0.15, 0.2) is 33.5 Å². The van der Waals surface area contributed by atoms with Crippen molar-refractivity contribution < 1.29 is 4.42 Å². The second-order valence-corrected chi connectivity index (χ2v) is 6.10. The molecule has 0 spiro atoms. The molecule has 2 rings (SSSR count). The Hall–Kier alpha value is -0.840. The molecule has 0 fully saturated rings. The van der Waals surface area contributed by atoms with Crippen LogP contribution in [0.25, 0.3) is 11.3 Å². The van der Waals surface area contributed by atoms with Crippen molar-refractivity contribution in [2.24, 2.45) is 5.92 Å². The second-order valence-electron chi connectivity index (χ2n) is 4.78. The SMILES string of the molecule is CC(C)CNCc1ncoc1-c1ccc(Br)cc1Cl. The standard InChI is InChI=1S/C14H16BrClN2O/c1-9(2)6-17-7-13-14(19-8-18-13)11-4-3-10(15)5-12(11)16/h3-5,8-9,17H,6-7H2,1-2H3. The highest BCUT2D eigenvalue weighted by Crippen LogP contribution is 2.32. The Morgan fingerprint density at radius 1 is 1.42 bits per heavy atom. The van der Waals surface area contributed by atoms with Gasteiger partial charge in [0.1, 0.15) is 5.69 Å². The fraction of sp³-hybridized carbons (Fsp3) is 0.357. The molecule has 1 aromatic carbocycles. The molecule has 1 aromatic heterocycles. The lowest BCUT2D eigenvalue weighted by atomic mass is 10.1. The quantitative estimate of drug-likeness (QED) is 0.868. The summed E-state index contributed by atoms with van der Waals surface area (Å²) in [6, 6.07) is 5.72. The van der Waals surface area contributed by atoms with E-state index in [-0.39, 0.29) is 0 Å². The molecule has 0 saturated carbocycles. The van der Waals surface area contributed by atoms with Crippen molar-refractivity contribution in [1.29, 1.82) is 0 Å². The van der Waals surface area contributed by atoms with Crippen LogP contribution in [0, 0.1) is 5.92 Å². The molecule has 3 nitrogen and oxygen atoms in total. The number of oxazole rings is 1. The van der Waals surface area contributed by atoms with Gasteiger partial charge in [-0.1, -0.05) is 41.4 Å². The van der Waals surface area contributed by atoms with Gasteiger partial charge in [0.2, 0.25) is 0 Å². The number of nitrogens with zero attached hydrogens (tertiary/aromatic N) is 1. The van der Waals surface area contributed by atoms with E-state index in [1.807, 2.05) is 18.2 Å². The van der Waals surface area contributed by atoms with Gasteiger partial charge in [0, 0.05) is 16.6 Å². The van der Waals surface area contributed by atoms with Crippen LogP contribution in [-0.4, -0.2) is 11.5 Å². The molecule has 0 aliphatic rings. The molecule has 0 aliphatic heterocycles. The third-order valence-corrected chi connectivity index (χ3v) is 3.47. The van der Waals surface area contributed by atoms with Gasteiger partial charge in [0.15, 0.2) is 12.2 Å². The van der Waals surface area contributed by atoms with Crippen molar-refractivity contribution in [2.75, 3.05) is 6.54 Å². The van der Waals surface area contributed by atoms with Crippen LogP contribution in [0.5, 0.6) is 0 Å². The van der Waals surface area contributed by atoms with Gasteiger partial charge < -0.3 is 9.73 Å². The van der Waals surface area contributed by atoms with Crippen molar-refractivity contribution in [1.82, 2.24) is 10.3 Å². The van der Waals surface area contributed by atoms with E-state index in [2.05, 4.69) is 40.1 Å². The van der Waals surface area contributed by atoms with E-state index in [9.17, 15) is 0 Å². The molecule has 0 radical (unpaired) electrons. The summed E-state index contributed by atoms with van der Waals surface area (Å²) in [7, 11) is 0. The zero-order chi connectivity index (χ0) is 13.8. The van der Waals surface area contributed by atoms with E-state index >= 15 is 0 Å². The number of hydrogen-bond donors (Lipinski definition) is 1. The van der Waals surface area contributed by atoms with Crippen LogP contribution in [0.1, 0.15) is 19.5 Å². The largest absolute Gasteiger partial charge is 0.443 e. The van der Waals surface area contributed by atoms with Gasteiger partial charge in [-0.05, 0) is 30.7 Å². The van der Waals surface area contributed by atoms with Gasteiger partial charge in [-0.3, -0.25) is 0 Å². The number of hydrogen-bond acceptors (Lipinski definition) is 3. The molecule has 1 heterocycles. The molecule has 0 amide bonds. The highest BCUT2D eigenvalue weighted by Gasteiger charge is 2.14. The van der Waals surface area contributed by atoms with Crippen LogP contribution in [-0.2, 0) is 6.54 Å². The molecule has 0 saturated heterocycles. The highest BCUT2D eigenvalue weighted by atomic mass is 79.9. The molecule has 102 valence electrons. The molecule has 2 aromatic rings. The summed E-state index contributed by atoms with van der Waals surface area (Å²) in [6.45, 7) is 5.96. The summed E-state index contributed by atoms with van der Waals surface area (Å²) in [4.78, 5) is 4.25. The van der Waals surface area contributed by atoms with Crippen molar-refractivity contribution in [3.8, 4) is 11.3 Å². The number of aromatic nitrogens is 1. The fourth-order valence-corrected chi connectivity index (χ4v) is 2.53. The Kier molecular flexibility index (Phi) is 5.02. The number of halogens is 2. The number of rotatable bonds is 5. The smallest absolute Gasteiger partial charge is 0.181 e. The summed E-state index contributed by atoms with van der Waals surface area (Å²) in [5.41, 5.74) is 1.74. The molecule has 5 heteroatoms. The normalized spacial score (nSPS) is 11.2. The maximum atomic E-state index is 6.24. The Balaban J connectivity index is 2.19. The molecular weight excluding hydrogens is 328 g/mol. The predicted molar refractivity (Wildman–Crippen MR) is 81.2 cm³/mol. The highest BCUT2D eigenvalue weighted by molar-refractivity contribution is 9.10. The lowest BCUT2D eigenvalue weighted by Gasteiger charge is -2.07. The predicted octanol–water partition coefficient (Wildman–Crippen LogP) is 4.50. The minimum Gasteiger partial charge on any atom is -0.443 e. The fourth-order valence-electron chi connectivity index (χ4n) is 1.77. The van der Waals surface area contributed by atoms with Gasteiger partial charge >= 0.3 is 0 Å². The zero-order valence-electron chi connectivity index (χ0n) is 10.9. The minimum absolute atomic E-state index is 0.603.